The van der Waals surface area contributed by atoms with Crippen LogP contribution >= 0.6 is 0 Å². The van der Waals surface area contributed by atoms with Gasteiger partial charge in [0.25, 0.3) is 0 Å². The van der Waals surface area contributed by atoms with Gasteiger partial charge in [0.2, 0.25) is 11.8 Å². The van der Waals surface area contributed by atoms with Crippen molar-refractivity contribution in [1.82, 2.24) is 24.7 Å². The molecule has 0 radical (unpaired) electrons. The molecule has 0 bridgehead atoms. The van der Waals surface area contributed by atoms with Crippen molar-refractivity contribution < 1.29 is 4.92 Å². The molecule has 2 aromatic rings. The quantitative estimate of drug-likeness (QED) is 0.640. The molecular weight excluding hydrogens is 324 g/mol. The number of nitrogens with one attached hydrogen (secondary N) is 1. The molecule has 1 saturated heterocycles. The van der Waals surface area contributed by atoms with E-state index in [9.17, 15) is 10.1 Å². The second kappa shape index (κ2) is 6.26. The zero-order valence-corrected chi connectivity index (χ0v) is 14.0. The molecule has 10 nitrogen and oxygen atoms in total. The Morgan fingerprint density at radius 1 is 1.36 bits per heavy atom. The third-order valence-electron chi connectivity index (χ3n) is 4.69. The van der Waals surface area contributed by atoms with Crippen LogP contribution in [0.5, 0.6) is 0 Å². The van der Waals surface area contributed by atoms with Gasteiger partial charge in [-0.1, -0.05) is 0 Å². The number of nitrogens with zero attached hydrogens (tertiary/aromatic N) is 7. The summed E-state index contributed by atoms with van der Waals surface area (Å²) in [6.07, 6.45) is 7.07. The summed E-state index contributed by atoms with van der Waals surface area (Å²) in [5.74, 6) is 2.04. The third kappa shape index (κ3) is 3.24. The molecular formula is C15H20N8O2. The molecule has 1 N–H and O–H groups in total. The first kappa shape index (κ1) is 15.7. The molecule has 0 unspecified atom stereocenters. The van der Waals surface area contributed by atoms with E-state index in [1.165, 1.54) is 6.20 Å². The lowest BCUT2D eigenvalue weighted by Crippen LogP contribution is -2.36. The standard InChI is InChI=1S/C15H20N8O2/c1-21-9-17-20-14(21)10-3-2-6-22(8-10)15-16-7-12(23(24)25)13(19-15)18-11-4-5-11/h7,9-11H,2-6,8H2,1H3,(H,16,18,19)/t10-/m1/s1. The maximum atomic E-state index is 11.2. The van der Waals surface area contributed by atoms with Crippen molar-refractivity contribution in [2.45, 2.75) is 37.6 Å². The van der Waals surface area contributed by atoms with Gasteiger partial charge in [-0.3, -0.25) is 10.1 Å². The average molecular weight is 344 g/mol. The maximum absolute atomic E-state index is 11.2. The molecule has 132 valence electrons. The van der Waals surface area contributed by atoms with Gasteiger partial charge in [0, 0.05) is 32.1 Å². The van der Waals surface area contributed by atoms with Crippen LogP contribution in [0.2, 0.25) is 0 Å². The Morgan fingerprint density at radius 3 is 2.88 bits per heavy atom. The van der Waals surface area contributed by atoms with E-state index in [0.29, 0.717) is 11.8 Å². The molecule has 2 aromatic heterocycles. The van der Waals surface area contributed by atoms with E-state index in [-0.39, 0.29) is 17.6 Å². The Kier molecular flexibility index (Phi) is 3.94. The molecule has 25 heavy (non-hydrogen) atoms. The summed E-state index contributed by atoms with van der Waals surface area (Å²) in [4.78, 5) is 21.5. The third-order valence-corrected chi connectivity index (χ3v) is 4.69. The SMILES string of the molecule is Cn1cnnc1[C@@H]1CCCN(c2ncc([N+](=O)[O-])c(NC3CC3)n2)C1. The first-order valence-corrected chi connectivity index (χ1v) is 8.48. The Labute approximate surface area is 144 Å². The minimum atomic E-state index is -0.437. The van der Waals surface area contributed by atoms with Crippen LogP contribution in [0.25, 0.3) is 0 Å². The lowest BCUT2D eigenvalue weighted by molar-refractivity contribution is -0.384. The molecule has 3 heterocycles. The summed E-state index contributed by atoms with van der Waals surface area (Å²) in [5.41, 5.74) is -0.0717. The van der Waals surface area contributed by atoms with Crippen LogP contribution in [-0.4, -0.2) is 48.8 Å². The van der Waals surface area contributed by atoms with Gasteiger partial charge in [0.1, 0.15) is 18.3 Å². The van der Waals surface area contributed by atoms with Gasteiger partial charge in [-0.05, 0) is 25.7 Å². The Morgan fingerprint density at radius 2 is 2.20 bits per heavy atom. The molecule has 0 amide bonds. The van der Waals surface area contributed by atoms with Gasteiger partial charge in [0.05, 0.1) is 4.92 Å². The largest absolute Gasteiger partial charge is 0.361 e. The smallest absolute Gasteiger partial charge is 0.329 e. The summed E-state index contributed by atoms with van der Waals surface area (Å²) >= 11 is 0. The second-order valence-corrected chi connectivity index (χ2v) is 6.66. The van der Waals surface area contributed by atoms with E-state index in [2.05, 4.69) is 30.4 Å². The van der Waals surface area contributed by atoms with E-state index in [1.54, 1.807) is 6.33 Å². The van der Waals surface area contributed by atoms with Crippen molar-refractivity contribution in [3.8, 4) is 0 Å². The zero-order chi connectivity index (χ0) is 17.4. The van der Waals surface area contributed by atoms with Crippen LogP contribution in [0.15, 0.2) is 12.5 Å². The molecule has 1 aliphatic heterocycles. The molecule has 1 atom stereocenters. The highest BCUT2D eigenvalue weighted by atomic mass is 16.6. The monoisotopic (exact) mass is 344 g/mol. The van der Waals surface area contributed by atoms with Gasteiger partial charge in [-0.2, -0.15) is 4.98 Å². The molecule has 10 heteroatoms. The molecule has 0 spiro atoms. The van der Waals surface area contributed by atoms with E-state index in [1.807, 2.05) is 11.6 Å². The number of hydrogen-bond donors (Lipinski definition) is 1. The van der Waals surface area contributed by atoms with E-state index >= 15 is 0 Å². The van der Waals surface area contributed by atoms with Crippen molar-refractivity contribution in [3.05, 3.63) is 28.5 Å². The van der Waals surface area contributed by atoms with Crippen molar-refractivity contribution in [3.63, 3.8) is 0 Å². The van der Waals surface area contributed by atoms with Crippen molar-refractivity contribution in [2.75, 3.05) is 23.3 Å². The number of aromatic nitrogens is 5. The summed E-state index contributed by atoms with van der Waals surface area (Å²) < 4.78 is 1.94. The summed E-state index contributed by atoms with van der Waals surface area (Å²) in [5, 5.41) is 22.5. The van der Waals surface area contributed by atoms with Crippen LogP contribution < -0.4 is 10.2 Å². The van der Waals surface area contributed by atoms with Crippen LogP contribution in [0.4, 0.5) is 17.5 Å². The number of hydrogen-bond acceptors (Lipinski definition) is 8. The summed E-state index contributed by atoms with van der Waals surface area (Å²) in [6, 6.07) is 0.286. The Balaban J connectivity index is 1.58. The van der Waals surface area contributed by atoms with Gasteiger partial charge in [0.15, 0.2) is 0 Å². The highest BCUT2D eigenvalue weighted by Crippen LogP contribution is 2.32. The van der Waals surface area contributed by atoms with Crippen molar-refractivity contribution in [1.29, 1.82) is 0 Å². The predicted molar refractivity (Wildman–Crippen MR) is 90.5 cm³/mol. The molecule has 1 saturated carbocycles. The van der Waals surface area contributed by atoms with Crippen molar-refractivity contribution in [2.24, 2.45) is 7.05 Å². The molecule has 2 fully saturated rings. The average Bonchev–Trinajstić information content (AvgIpc) is 3.32. The minimum Gasteiger partial charge on any atom is -0.361 e. The first-order chi connectivity index (χ1) is 12.1. The summed E-state index contributed by atoms with van der Waals surface area (Å²) in [7, 11) is 1.94. The normalized spacial score (nSPS) is 20.5. The van der Waals surface area contributed by atoms with Gasteiger partial charge in [-0.15, -0.1) is 10.2 Å². The minimum absolute atomic E-state index is 0.0717. The van der Waals surface area contributed by atoms with Crippen LogP contribution in [0.1, 0.15) is 37.4 Å². The maximum Gasteiger partial charge on any atom is 0.329 e. The molecule has 4 rings (SSSR count). The number of nitro groups is 1. The van der Waals surface area contributed by atoms with Gasteiger partial charge < -0.3 is 14.8 Å². The second-order valence-electron chi connectivity index (χ2n) is 6.66. The van der Waals surface area contributed by atoms with Crippen LogP contribution in [-0.2, 0) is 7.05 Å². The fraction of sp³-hybridized carbons (Fsp3) is 0.600. The van der Waals surface area contributed by atoms with E-state index in [0.717, 1.165) is 44.6 Å². The number of piperidine rings is 1. The van der Waals surface area contributed by atoms with Crippen LogP contribution in [0.3, 0.4) is 0 Å². The van der Waals surface area contributed by atoms with Crippen LogP contribution in [0, 0.1) is 10.1 Å². The fourth-order valence-corrected chi connectivity index (χ4v) is 3.21. The highest BCUT2D eigenvalue weighted by Gasteiger charge is 2.30. The number of aryl methyl sites for hydroxylation is 1. The summed E-state index contributed by atoms with van der Waals surface area (Å²) in [6.45, 7) is 1.56. The first-order valence-electron chi connectivity index (χ1n) is 8.48. The van der Waals surface area contributed by atoms with Gasteiger partial charge in [-0.25, -0.2) is 4.98 Å². The highest BCUT2D eigenvalue weighted by molar-refractivity contribution is 5.58. The predicted octanol–water partition coefficient (Wildman–Crippen LogP) is 1.47. The lowest BCUT2D eigenvalue weighted by atomic mass is 9.97. The zero-order valence-electron chi connectivity index (χ0n) is 14.0. The Bertz CT molecular complexity index is 788. The Hall–Kier alpha value is -2.78. The van der Waals surface area contributed by atoms with E-state index in [4.69, 9.17) is 0 Å². The molecule has 2 aliphatic rings. The molecule has 1 aliphatic carbocycles. The number of anilines is 2. The van der Waals surface area contributed by atoms with Crippen molar-refractivity contribution >= 4 is 17.5 Å². The topological polar surface area (TPSA) is 115 Å². The molecule has 0 aromatic carbocycles. The number of rotatable bonds is 5. The van der Waals surface area contributed by atoms with E-state index < -0.39 is 4.92 Å². The fourth-order valence-electron chi connectivity index (χ4n) is 3.21. The van der Waals surface area contributed by atoms with Gasteiger partial charge >= 0.3 is 5.69 Å². The lowest BCUT2D eigenvalue weighted by Gasteiger charge is -2.32.